The van der Waals surface area contributed by atoms with Crippen LogP contribution >= 0.6 is 0 Å². The van der Waals surface area contributed by atoms with Gasteiger partial charge in [-0.3, -0.25) is 4.79 Å². The minimum atomic E-state index is -1.000. The predicted molar refractivity (Wildman–Crippen MR) is 65.3 cm³/mol. The molecule has 3 aliphatic rings. The second-order valence-electron chi connectivity index (χ2n) is 6.24. The van der Waals surface area contributed by atoms with E-state index < -0.39 is 5.60 Å². The van der Waals surface area contributed by atoms with Crippen LogP contribution in [-0.4, -0.2) is 34.1 Å². The predicted octanol–water partition coefficient (Wildman–Crippen LogP) is 1.71. The van der Waals surface area contributed by atoms with Gasteiger partial charge >= 0.3 is 0 Å². The molecule has 94 valence electrons. The Bertz CT molecular complexity index is 374. The number of hydrogen-bond donors (Lipinski definition) is 1. The van der Waals surface area contributed by atoms with Gasteiger partial charge in [0.05, 0.1) is 0 Å². The van der Waals surface area contributed by atoms with Crippen molar-refractivity contribution in [1.29, 1.82) is 0 Å². The van der Waals surface area contributed by atoms with Crippen LogP contribution in [0.15, 0.2) is 12.7 Å². The van der Waals surface area contributed by atoms with Gasteiger partial charge in [-0.1, -0.05) is 6.08 Å². The van der Waals surface area contributed by atoms with E-state index in [9.17, 15) is 9.90 Å². The molecule has 0 bridgehead atoms. The van der Waals surface area contributed by atoms with Crippen LogP contribution in [0.4, 0.5) is 0 Å². The molecule has 0 aromatic rings. The summed E-state index contributed by atoms with van der Waals surface area (Å²) in [5.41, 5.74) is -0.565. The second kappa shape index (κ2) is 3.35. The topological polar surface area (TPSA) is 40.5 Å². The summed E-state index contributed by atoms with van der Waals surface area (Å²) < 4.78 is 0. The third-order valence-corrected chi connectivity index (χ3v) is 5.00. The minimum absolute atomic E-state index is 0.0318. The van der Waals surface area contributed by atoms with Gasteiger partial charge in [0.2, 0.25) is 0 Å². The van der Waals surface area contributed by atoms with Crippen LogP contribution in [0.3, 0.4) is 0 Å². The zero-order valence-corrected chi connectivity index (χ0v) is 10.5. The molecule has 1 amide bonds. The third kappa shape index (κ3) is 1.63. The molecule has 0 aromatic heterocycles. The summed E-state index contributed by atoms with van der Waals surface area (Å²) in [4.78, 5) is 14.0. The van der Waals surface area contributed by atoms with Gasteiger partial charge in [-0.15, -0.1) is 6.58 Å². The molecule has 0 aromatic carbocycles. The third-order valence-electron chi connectivity index (χ3n) is 5.00. The van der Waals surface area contributed by atoms with Gasteiger partial charge in [0, 0.05) is 12.6 Å². The summed E-state index contributed by atoms with van der Waals surface area (Å²) >= 11 is 0. The smallest absolute Gasteiger partial charge is 0.254 e. The number of amides is 1. The van der Waals surface area contributed by atoms with E-state index in [0.29, 0.717) is 24.2 Å². The fourth-order valence-electron chi connectivity index (χ4n) is 3.50. The first-order valence-electron chi connectivity index (χ1n) is 6.67. The average Bonchev–Trinajstić information content (AvgIpc) is 3.18. The van der Waals surface area contributed by atoms with E-state index >= 15 is 0 Å². The maximum Gasteiger partial charge on any atom is 0.254 e. The molecular formula is C14H21NO2. The lowest BCUT2D eigenvalue weighted by Gasteiger charge is -2.39. The van der Waals surface area contributed by atoms with Crippen LogP contribution in [0.1, 0.15) is 39.0 Å². The number of nitrogens with zero attached hydrogens (tertiary/aromatic N) is 1. The van der Waals surface area contributed by atoms with Crippen molar-refractivity contribution in [3.63, 3.8) is 0 Å². The SMILES string of the molecule is C=C[C@H]1CC12CCN(C(=O)C1(O)CC1)[C@H](C)C2. The Labute approximate surface area is 102 Å². The molecule has 1 heterocycles. The Morgan fingerprint density at radius 3 is 2.59 bits per heavy atom. The molecule has 0 radical (unpaired) electrons. The molecular weight excluding hydrogens is 214 g/mol. The van der Waals surface area contributed by atoms with Crippen LogP contribution < -0.4 is 0 Å². The zero-order valence-electron chi connectivity index (χ0n) is 10.5. The molecule has 1 saturated heterocycles. The van der Waals surface area contributed by atoms with E-state index in [-0.39, 0.29) is 11.9 Å². The van der Waals surface area contributed by atoms with Gasteiger partial charge in [0.15, 0.2) is 0 Å². The summed E-state index contributed by atoms with van der Waals surface area (Å²) in [6, 6.07) is 0.269. The van der Waals surface area contributed by atoms with E-state index in [1.54, 1.807) is 0 Å². The molecule has 3 fully saturated rings. The Kier molecular flexibility index (Phi) is 2.22. The second-order valence-corrected chi connectivity index (χ2v) is 6.24. The van der Waals surface area contributed by atoms with Crippen LogP contribution in [-0.2, 0) is 4.79 Å². The highest BCUT2D eigenvalue weighted by molar-refractivity contribution is 5.88. The lowest BCUT2D eigenvalue weighted by Crippen LogP contribution is -2.50. The lowest BCUT2D eigenvalue weighted by atomic mass is 9.86. The summed E-state index contributed by atoms with van der Waals surface area (Å²) in [6.07, 6.45) is 6.76. The van der Waals surface area contributed by atoms with Gasteiger partial charge in [-0.25, -0.2) is 0 Å². The lowest BCUT2D eigenvalue weighted by molar-refractivity contribution is -0.147. The number of likely N-dealkylation sites (tertiary alicyclic amines) is 1. The van der Waals surface area contributed by atoms with Crippen molar-refractivity contribution in [2.24, 2.45) is 11.3 Å². The van der Waals surface area contributed by atoms with Gasteiger partial charge in [0.25, 0.3) is 5.91 Å². The Hall–Kier alpha value is -0.830. The van der Waals surface area contributed by atoms with Crippen molar-refractivity contribution >= 4 is 5.91 Å². The summed E-state index contributed by atoms with van der Waals surface area (Å²) in [7, 11) is 0. The molecule has 1 aliphatic heterocycles. The van der Waals surface area contributed by atoms with Crippen molar-refractivity contribution in [3.05, 3.63) is 12.7 Å². The van der Waals surface area contributed by atoms with Crippen molar-refractivity contribution in [2.75, 3.05) is 6.54 Å². The quantitative estimate of drug-likeness (QED) is 0.740. The largest absolute Gasteiger partial charge is 0.380 e. The standard InChI is InChI=1S/C14H21NO2/c1-3-11-9-13(11)6-7-15(10(2)8-13)12(16)14(17)4-5-14/h3,10-11,17H,1,4-9H2,2H3/t10-,11+,13?/m1/s1. The first-order chi connectivity index (χ1) is 8.01. The Balaban J connectivity index is 1.67. The monoisotopic (exact) mass is 235 g/mol. The van der Waals surface area contributed by atoms with Gasteiger partial charge in [-0.05, 0) is 50.4 Å². The Morgan fingerprint density at radius 1 is 1.41 bits per heavy atom. The molecule has 1 N–H and O–H groups in total. The normalized spacial score (nSPS) is 42.4. The van der Waals surface area contributed by atoms with Crippen molar-refractivity contribution in [1.82, 2.24) is 4.90 Å². The number of allylic oxidation sites excluding steroid dienone is 1. The van der Waals surface area contributed by atoms with Crippen LogP contribution in [0.5, 0.6) is 0 Å². The molecule has 2 saturated carbocycles. The molecule has 3 heteroatoms. The first kappa shape index (κ1) is 11.3. The highest BCUT2D eigenvalue weighted by Crippen LogP contribution is 2.61. The maximum absolute atomic E-state index is 12.1. The van der Waals surface area contributed by atoms with E-state index in [1.807, 2.05) is 4.90 Å². The number of rotatable bonds is 2. The highest BCUT2D eigenvalue weighted by Gasteiger charge is 2.57. The molecule has 1 spiro atoms. The van der Waals surface area contributed by atoms with Crippen molar-refractivity contribution < 1.29 is 9.90 Å². The van der Waals surface area contributed by atoms with Crippen molar-refractivity contribution in [3.8, 4) is 0 Å². The highest BCUT2D eigenvalue weighted by atomic mass is 16.3. The molecule has 3 nitrogen and oxygen atoms in total. The van der Waals surface area contributed by atoms with E-state index in [0.717, 1.165) is 19.4 Å². The van der Waals surface area contributed by atoms with Crippen LogP contribution in [0, 0.1) is 11.3 Å². The maximum atomic E-state index is 12.1. The minimum Gasteiger partial charge on any atom is -0.380 e. The zero-order chi connectivity index (χ0) is 12.3. The van der Waals surface area contributed by atoms with Crippen LogP contribution in [0.25, 0.3) is 0 Å². The molecule has 3 atom stereocenters. The molecule has 1 unspecified atom stereocenters. The summed E-state index contributed by atoms with van der Waals surface area (Å²) in [5, 5.41) is 9.90. The fourth-order valence-corrected chi connectivity index (χ4v) is 3.50. The number of hydrogen-bond acceptors (Lipinski definition) is 2. The summed E-state index contributed by atoms with van der Waals surface area (Å²) in [6.45, 7) is 6.81. The number of carbonyl (C=O) groups excluding carboxylic acids is 1. The Morgan fingerprint density at radius 2 is 2.12 bits per heavy atom. The number of aliphatic hydroxyl groups is 1. The fraction of sp³-hybridized carbons (Fsp3) is 0.786. The number of carbonyl (C=O) groups is 1. The van der Waals surface area contributed by atoms with E-state index in [4.69, 9.17) is 0 Å². The van der Waals surface area contributed by atoms with E-state index in [2.05, 4.69) is 19.6 Å². The summed E-state index contributed by atoms with van der Waals surface area (Å²) in [5.74, 6) is 0.627. The number of piperidine rings is 1. The average molecular weight is 235 g/mol. The van der Waals surface area contributed by atoms with E-state index in [1.165, 1.54) is 6.42 Å². The molecule has 3 rings (SSSR count). The van der Waals surface area contributed by atoms with Gasteiger partial charge in [-0.2, -0.15) is 0 Å². The van der Waals surface area contributed by atoms with Crippen molar-refractivity contribution in [2.45, 2.75) is 50.7 Å². The molecule has 17 heavy (non-hydrogen) atoms. The van der Waals surface area contributed by atoms with Gasteiger partial charge < -0.3 is 10.0 Å². The molecule has 2 aliphatic carbocycles. The van der Waals surface area contributed by atoms with Crippen LogP contribution in [0.2, 0.25) is 0 Å². The van der Waals surface area contributed by atoms with Gasteiger partial charge in [0.1, 0.15) is 5.60 Å². The first-order valence-corrected chi connectivity index (χ1v) is 6.67.